The summed E-state index contributed by atoms with van der Waals surface area (Å²) in [5.41, 5.74) is 0.679. The molecule has 4 aliphatic heterocycles. The van der Waals surface area contributed by atoms with E-state index in [0.29, 0.717) is 30.3 Å². The zero-order valence-electron chi connectivity index (χ0n) is 19.5. The Labute approximate surface area is 214 Å². The van der Waals surface area contributed by atoms with E-state index in [1.54, 1.807) is 34.1 Å². The molecule has 2 amide bonds. The van der Waals surface area contributed by atoms with Crippen LogP contribution in [-0.4, -0.2) is 69.6 Å². The molecular formula is C26H29ClN2O5S. The van der Waals surface area contributed by atoms with Crippen LogP contribution in [0.25, 0.3) is 0 Å². The molecule has 1 aromatic carbocycles. The summed E-state index contributed by atoms with van der Waals surface area (Å²) in [6, 6.07) is 5.65. The van der Waals surface area contributed by atoms with Gasteiger partial charge in [0.2, 0.25) is 5.91 Å². The Morgan fingerprint density at radius 1 is 1.20 bits per heavy atom. The van der Waals surface area contributed by atoms with Gasteiger partial charge in [0.15, 0.2) is 0 Å². The predicted octanol–water partition coefficient (Wildman–Crippen LogP) is 3.20. The van der Waals surface area contributed by atoms with E-state index in [0.717, 1.165) is 12.8 Å². The highest BCUT2D eigenvalue weighted by Crippen LogP contribution is 2.61. The van der Waals surface area contributed by atoms with Crippen molar-refractivity contribution in [3.05, 3.63) is 53.6 Å². The van der Waals surface area contributed by atoms with E-state index < -0.39 is 28.7 Å². The first-order chi connectivity index (χ1) is 16.9. The maximum Gasteiger partial charge on any atom is 0.311 e. The highest BCUT2D eigenvalue weighted by atomic mass is 35.5. The monoisotopic (exact) mass is 516 g/mol. The van der Waals surface area contributed by atoms with Crippen molar-refractivity contribution in [3.8, 4) is 0 Å². The number of esters is 1. The quantitative estimate of drug-likeness (QED) is 0.488. The molecule has 186 valence electrons. The number of cyclic esters (lactones) is 1. The summed E-state index contributed by atoms with van der Waals surface area (Å²) in [6.45, 7) is 2.27. The lowest BCUT2D eigenvalue weighted by Crippen LogP contribution is -2.56. The van der Waals surface area contributed by atoms with Gasteiger partial charge in [-0.1, -0.05) is 42.8 Å². The number of benzene rings is 1. The van der Waals surface area contributed by atoms with Gasteiger partial charge in [-0.2, -0.15) is 0 Å². The van der Waals surface area contributed by atoms with Gasteiger partial charge in [0.1, 0.15) is 6.04 Å². The topological polar surface area (TPSA) is 87.2 Å². The average Bonchev–Trinajstić information content (AvgIpc) is 3.26. The molecule has 2 saturated heterocycles. The Bertz CT molecular complexity index is 1070. The third-order valence-electron chi connectivity index (χ3n) is 7.50. The molecule has 9 heteroatoms. The number of carbonyl (C=O) groups is 3. The molecule has 0 aliphatic carbocycles. The van der Waals surface area contributed by atoms with Crippen molar-refractivity contribution >= 4 is 46.8 Å². The van der Waals surface area contributed by atoms with E-state index in [1.807, 2.05) is 31.2 Å². The van der Waals surface area contributed by atoms with E-state index in [2.05, 4.69) is 0 Å². The zero-order chi connectivity index (χ0) is 24.7. The van der Waals surface area contributed by atoms with Crippen molar-refractivity contribution in [3.63, 3.8) is 0 Å². The molecule has 0 radical (unpaired) electrons. The fourth-order valence-corrected chi connectivity index (χ4v) is 7.97. The number of hydrogen-bond donors (Lipinski definition) is 1. The summed E-state index contributed by atoms with van der Waals surface area (Å²) < 4.78 is 4.64. The third-order valence-corrected chi connectivity index (χ3v) is 9.50. The third kappa shape index (κ3) is 3.90. The second kappa shape index (κ2) is 9.64. The normalized spacial score (nSPS) is 34.2. The van der Waals surface area contributed by atoms with Crippen LogP contribution in [0.4, 0.5) is 5.69 Å². The van der Waals surface area contributed by atoms with Crippen molar-refractivity contribution in [1.82, 2.24) is 4.90 Å². The van der Waals surface area contributed by atoms with Gasteiger partial charge >= 0.3 is 5.97 Å². The summed E-state index contributed by atoms with van der Waals surface area (Å²) >= 11 is 7.58. The average molecular weight is 517 g/mol. The number of halogens is 1. The molecular weight excluding hydrogens is 488 g/mol. The lowest BCUT2D eigenvalue weighted by Gasteiger charge is -2.38. The summed E-state index contributed by atoms with van der Waals surface area (Å²) in [6.07, 6.45) is 9.95. The first-order valence-electron chi connectivity index (χ1n) is 12.1. The van der Waals surface area contributed by atoms with E-state index in [9.17, 15) is 19.5 Å². The Kier molecular flexibility index (Phi) is 6.72. The maximum absolute atomic E-state index is 14.2. The van der Waals surface area contributed by atoms with Gasteiger partial charge in [0.25, 0.3) is 5.91 Å². The summed E-state index contributed by atoms with van der Waals surface area (Å²) in [5, 5.41) is 10.5. The van der Waals surface area contributed by atoms with Crippen molar-refractivity contribution in [1.29, 1.82) is 0 Å². The number of carbonyl (C=O) groups excluding carboxylic acids is 3. The van der Waals surface area contributed by atoms with Crippen LogP contribution in [-0.2, 0) is 19.1 Å². The van der Waals surface area contributed by atoms with Gasteiger partial charge in [-0.05, 0) is 43.5 Å². The van der Waals surface area contributed by atoms with E-state index in [-0.39, 0.29) is 29.6 Å². The second-order valence-electron chi connectivity index (χ2n) is 9.40. The second-order valence-corrected chi connectivity index (χ2v) is 11.3. The number of aliphatic hydroxyl groups is 1. The number of nitrogens with zero attached hydrogens (tertiary/aromatic N) is 2. The minimum absolute atomic E-state index is 0.226. The number of thioether (sulfide) groups is 1. The Morgan fingerprint density at radius 3 is 2.69 bits per heavy atom. The molecule has 5 rings (SSSR count). The maximum atomic E-state index is 14.2. The van der Waals surface area contributed by atoms with Gasteiger partial charge in [0, 0.05) is 22.5 Å². The molecule has 1 aromatic rings. The number of ether oxygens (including phenoxy) is 1. The summed E-state index contributed by atoms with van der Waals surface area (Å²) in [7, 11) is 0. The van der Waals surface area contributed by atoms with Crippen molar-refractivity contribution in [2.45, 2.75) is 48.3 Å². The molecule has 0 aromatic heterocycles. The van der Waals surface area contributed by atoms with Crippen molar-refractivity contribution < 1.29 is 24.2 Å². The lowest BCUT2D eigenvalue weighted by molar-refractivity contribution is -0.153. The molecule has 0 saturated carbocycles. The number of aliphatic hydroxyl groups excluding tert-OH is 1. The van der Waals surface area contributed by atoms with Crippen LogP contribution in [0, 0.1) is 11.8 Å². The highest BCUT2D eigenvalue weighted by molar-refractivity contribution is 8.02. The minimum atomic E-state index is -0.935. The predicted molar refractivity (Wildman–Crippen MR) is 135 cm³/mol. The van der Waals surface area contributed by atoms with Crippen molar-refractivity contribution in [2.24, 2.45) is 11.8 Å². The first-order valence-corrected chi connectivity index (χ1v) is 13.4. The molecule has 2 fully saturated rings. The largest absolute Gasteiger partial charge is 0.465 e. The van der Waals surface area contributed by atoms with E-state index >= 15 is 0 Å². The minimum Gasteiger partial charge on any atom is -0.465 e. The molecule has 1 N–H and O–H groups in total. The Hall–Kier alpha value is -2.29. The summed E-state index contributed by atoms with van der Waals surface area (Å²) in [5.74, 6) is -2.32. The number of fused-ring (bicyclic) bond motifs is 2. The van der Waals surface area contributed by atoms with Crippen LogP contribution >= 0.6 is 23.4 Å². The smallest absolute Gasteiger partial charge is 0.311 e. The number of allylic oxidation sites excluding steroid dienone is 1. The molecule has 1 unspecified atom stereocenters. The van der Waals surface area contributed by atoms with Crippen LogP contribution in [0.1, 0.15) is 26.2 Å². The molecule has 4 aliphatic rings. The number of likely N-dealkylation sites (tertiary alicyclic amines) is 1. The molecule has 6 atom stereocenters. The fourth-order valence-electron chi connectivity index (χ4n) is 5.85. The lowest BCUT2D eigenvalue weighted by atomic mass is 9.78. The Morgan fingerprint density at radius 2 is 1.97 bits per heavy atom. The van der Waals surface area contributed by atoms with Gasteiger partial charge in [-0.15, -0.1) is 11.8 Å². The van der Waals surface area contributed by atoms with Crippen LogP contribution in [0.3, 0.4) is 0 Å². The number of amides is 2. The molecule has 0 bridgehead atoms. The van der Waals surface area contributed by atoms with Crippen LogP contribution in [0.15, 0.2) is 48.6 Å². The standard InChI is InChI=1S/C26H29ClN2O5S/c1-2-17(15-30)29-22-24(32)28(18-10-8-16(27)9-11-18)13-6-12-26(22)21(23(29)31)20-19(35-26)7-4-3-5-14-34-25(20)33/h4,6-12,17,19-22,30H,2-3,5,13-15H2,1H3/b7-4-/t17-,19-,20+,21-,22?,26-/m0/s1. The van der Waals surface area contributed by atoms with E-state index in [4.69, 9.17) is 16.3 Å². The van der Waals surface area contributed by atoms with Gasteiger partial charge in [0.05, 0.1) is 35.8 Å². The number of rotatable bonds is 4. The summed E-state index contributed by atoms with van der Waals surface area (Å²) in [4.78, 5) is 44.8. The fraction of sp³-hybridized carbons (Fsp3) is 0.500. The Balaban J connectivity index is 1.64. The molecule has 1 spiro atoms. The van der Waals surface area contributed by atoms with Crippen LogP contribution < -0.4 is 4.90 Å². The van der Waals surface area contributed by atoms with Gasteiger partial charge in [-0.3, -0.25) is 14.4 Å². The van der Waals surface area contributed by atoms with E-state index in [1.165, 1.54) is 11.8 Å². The van der Waals surface area contributed by atoms with Crippen LogP contribution in [0.5, 0.6) is 0 Å². The molecule has 7 nitrogen and oxygen atoms in total. The number of hydrogen-bond acceptors (Lipinski definition) is 6. The van der Waals surface area contributed by atoms with Crippen LogP contribution in [0.2, 0.25) is 5.02 Å². The van der Waals surface area contributed by atoms with Crippen molar-refractivity contribution in [2.75, 3.05) is 24.7 Å². The molecule has 4 heterocycles. The first kappa shape index (κ1) is 24.4. The molecule has 35 heavy (non-hydrogen) atoms. The SMILES string of the molecule is CC[C@@H](CO)N1C(=O)[C@@H]2[C@@H]3C(=O)OCCC/C=C\[C@@H]3S[C@@]23C=CCN(c2ccc(Cl)cc2)C(=O)C13. The van der Waals surface area contributed by atoms with Gasteiger partial charge in [-0.25, -0.2) is 0 Å². The number of anilines is 1. The van der Waals surface area contributed by atoms with Gasteiger partial charge < -0.3 is 19.6 Å². The highest BCUT2D eigenvalue weighted by Gasteiger charge is 2.71. The zero-order valence-corrected chi connectivity index (χ0v) is 21.1.